The van der Waals surface area contributed by atoms with Crippen LogP contribution in [0.4, 0.5) is 11.4 Å². The number of nitro benzene ring substituents is 1. The number of nitrogens with zero attached hydrogens (tertiary/aromatic N) is 5. The first-order chi connectivity index (χ1) is 12.0. The second kappa shape index (κ2) is 6.96. The molecule has 7 heteroatoms. The highest BCUT2D eigenvalue weighted by molar-refractivity contribution is 5.80. The van der Waals surface area contributed by atoms with Gasteiger partial charge in [-0.3, -0.25) is 10.1 Å². The van der Waals surface area contributed by atoms with Gasteiger partial charge in [0.25, 0.3) is 5.69 Å². The predicted octanol–water partition coefficient (Wildman–Crippen LogP) is 3.41. The second-order valence-corrected chi connectivity index (χ2v) is 5.63. The smallest absolute Gasteiger partial charge is 0.269 e. The third-order valence-corrected chi connectivity index (χ3v) is 3.70. The number of aromatic nitrogens is 2. The molecule has 1 heterocycles. The van der Waals surface area contributed by atoms with Gasteiger partial charge in [0, 0.05) is 49.9 Å². The molecule has 0 bridgehead atoms. The van der Waals surface area contributed by atoms with Crippen molar-refractivity contribution < 1.29 is 4.92 Å². The molecule has 0 amide bonds. The summed E-state index contributed by atoms with van der Waals surface area (Å²) in [4.78, 5) is 16.6. The van der Waals surface area contributed by atoms with E-state index in [0.29, 0.717) is 5.82 Å². The van der Waals surface area contributed by atoms with Crippen molar-refractivity contribution in [1.82, 2.24) is 9.66 Å². The van der Waals surface area contributed by atoms with Crippen LogP contribution in [0.5, 0.6) is 0 Å². The summed E-state index contributed by atoms with van der Waals surface area (Å²) in [6, 6.07) is 14.3. The molecular formula is C18H17N5O2. The summed E-state index contributed by atoms with van der Waals surface area (Å²) < 4.78 is 1.64. The van der Waals surface area contributed by atoms with E-state index in [1.165, 1.54) is 12.1 Å². The molecule has 3 rings (SSSR count). The van der Waals surface area contributed by atoms with Crippen molar-refractivity contribution in [2.24, 2.45) is 5.10 Å². The summed E-state index contributed by atoms with van der Waals surface area (Å²) in [5, 5.41) is 15.2. The third kappa shape index (κ3) is 3.72. The summed E-state index contributed by atoms with van der Waals surface area (Å²) in [6.07, 6.45) is 5.13. The highest BCUT2D eigenvalue weighted by atomic mass is 16.6. The first kappa shape index (κ1) is 16.4. The minimum Gasteiger partial charge on any atom is -0.378 e. The number of non-ortho nitro benzene ring substituents is 1. The van der Waals surface area contributed by atoms with Gasteiger partial charge in [0.2, 0.25) is 0 Å². The highest BCUT2D eigenvalue weighted by Crippen LogP contribution is 2.21. The minimum absolute atomic E-state index is 0.0475. The molecule has 7 nitrogen and oxygen atoms in total. The molecular weight excluding hydrogens is 318 g/mol. The molecule has 0 fully saturated rings. The summed E-state index contributed by atoms with van der Waals surface area (Å²) >= 11 is 0. The zero-order valence-corrected chi connectivity index (χ0v) is 13.9. The Labute approximate surface area is 145 Å². The normalized spacial score (nSPS) is 11.0. The van der Waals surface area contributed by atoms with Crippen LogP contribution in [0.2, 0.25) is 0 Å². The maximum Gasteiger partial charge on any atom is 0.269 e. The topological polar surface area (TPSA) is 76.6 Å². The number of anilines is 1. The van der Waals surface area contributed by atoms with E-state index in [1.54, 1.807) is 35.4 Å². The average molecular weight is 335 g/mol. The van der Waals surface area contributed by atoms with Crippen LogP contribution in [0.25, 0.3) is 11.4 Å². The molecule has 0 spiro atoms. The van der Waals surface area contributed by atoms with Crippen molar-refractivity contribution in [3.8, 4) is 11.4 Å². The van der Waals surface area contributed by atoms with Gasteiger partial charge in [-0.05, 0) is 29.8 Å². The van der Waals surface area contributed by atoms with Crippen molar-refractivity contribution in [3.63, 3.8) is 0 Å². The quantitative estimate of drug-likeness (QED) is 0.407. The Morgan fingerprint density at radius 3 is 2.40 bits per heavy atom. The Kier molecular flexibility index (Phi) is 4.56. The first-order valence-corrected chi connectivity index (χ1v) is 7.64. The Bertz CT molecular complexity index is 896. The molecule has 0 N–H and O–H groups in total. The molecule has 0 aliphatic rings. The van der Waals surface area contributed by atoms with Crippen LogP contribution < -0.4 is 4.90 Å². The van der Waals surface area contributed by atoms with Gasteiger partial charge in [-0.2, -0.15) is 5.10 Å². The Hall–Kier alpha value is -3.48. The number of benzene rings is 2. The molecule has 2 aromatic carbocycles. The van der Waals surface area contributed by atoms with Crippen LogP contribution in [0.3, 0.4) is 0 Å². The highest BCUT2D eigenvalue weighted by Gasteiger charge is 2.08. The van der Waals surface area contributed by atoms with Crippen molar-refractivity contribution >= 4 is 17.6 Å². The molecule has 0 radical (unpaired) electrons. The van der Waals surface area contributed by atoms with Crippen molar-refractivity contribution in [1.29, 1.82) is 0 Å². The van der Waals surface area contributed by atoms with Crippen LogP contribution in [-0.2, 0) is 0 Å². The SMILES string of the molecule is CN(C)c1ccc(C=Nn2ccnc2-c2ccc([N+](=O)[O-])cc2)cc1. The zero-order chi connectivity index (χ0) is 17.8. The van der Waals surface area contributed by atoms with Gasteiger partial charge in [-0.25, -0.2) is 9.66 Å². The molecule has 3 aromatic rings. The van der Waals surface area contributed by atoms with Crippen LogP contribution in [0.15, 0.2) is 66.0 Å². The predicted molar refractivity (Wildman–Crippen MR) is 98.1 cm³/mol. The van der Waals surface area contributed by atoms with Crippen molar-refractivity contribution in [3.05, 3.63) is 76.6 Å². The molecule has 1 aromatic heterocycles. The largest absolute Gasteiger partial charge is 0.378 e. The minimum atomic E-state index is -0.425. The third-order valence-electron chi connectivity index (χ3n) is 3.70. The Morgan fingerprint density at radius 1 is 1.12 bits per heavy atom. The van der Waals surface area contributed by atoms with Gasteiger partial charge < -0.3 is 4.90 Å². The molecule has 126 valence electrons. The fourth-order valence-electron chi connectivity index (χ4n) is 2.32. The number of rotatable bonds is 5. The maximum atomic E-state index is 10.7. The zero-order valence-electron chi connectivity index (χ0n) is 13.9. The van der Waals surface area contributed by atoms with Crippen LogP contribution in [0.1, 0.15) is 5.56 Å². The van der Waals surface area contributed by atoms with E-state index in [2.05, 4.69) is 10.1 Å². The van der Waals surface area contributed by atoms with Crippen LogP contribution >= 0.6 is 0 Å². The second-order valence-electron chi connectivity index (χ2n) is 5.63. The van der Waals surface area contributed by atoms with Crippen molar-refractivity contribution in [2.45, 2.75) is 0 Å². The molecule has 0 saturated carbocycles. The summed E-state index contributed by atoms with van der Waals surface area (Å²) in [5.74, 6) is 0.621. The van der Waals surface area contributed by atoms with Gasteiger partial charge >= 0.3 is 0 Å². The molecule has 0 unspecified atom stereocenters. The Morgan fingerprint density at radius 2 is 1.80 bits per heavy atom. The van der Waals surface area contributed by atoms with E-state index in [4.69, 9.17) is 0 Å². The lowest BCUT2D eigenvalue weighted by molar-refractivity contribution is -0.384. The molecule has 0 aliphatic heterocycles. The van der Waals surface area contributed by atoms with E-state index >= 15 is 0 Å². The lowest BCUT2D eigenvalue weighted by Crippen LogP contribution is -2.08. The summed E-state index contributed by atoms with van der Waals surface area (Å²) in [5.41, 5.74) is 2.89. The number of hydrogen-bond donors (Lipinski definition) is 0. The molecule has 0 atom stereocenters. The van der Waals surface area contributed by atoms with Crippen LogP contribution in [-0.4, -0.2) is 34.9 Å². The number of hydrogen-bond acceptors (Lipinski definition) is 5. The lowest BCUT2D eigenvalue weighted by Gasteiger charge is -2.11. The summed E-state index contributed by atoms with van der Waals surface area (Å²) in [7, 11) is 3.98. The monoisotopic (exact) mass is 335 g/mol. The maximum absolute atomic E-state index is 10.7. The van der Waals surface area contributed by atoms with Crippen molar-refractivity contribution in [2.75, 3.05) is 19.0 Å². The summed E-state index contributed by atoms with van der Waals surface area (Å²) in [6.45, 7) is 0. The standard InChI is InChI=1S/C18H17N5O2/c1-21(2)16-7-3-14(4-8-16)13-20-22-12-11-19-18(22)15-5-9-17(10-6-15)23(24)25/h3-13H,1-2H3. The van der Waals surface area contributed by atoms with E-state index < -0.39 is 4.92 Å². The van der Waals surface area contributed by atoms with E-state index in [1.807, 2.05) is 43.3 Å². The average Bonchev–Trinajstić information content (AvgIpc) is 3.09. The Balaban J connectivity index is 1.82. The van der Waals surface area contributed by atoms with Gasteiger partial charge in [0.1, 0.15) is 0 Å². The number of imidazole rings is 1. The first-order valence-electron chi connectivity index (χ1n) is 7.64. The van der Waals surface area contributed by atoms with E-state index in [-0.39, 0.29) is 5.69 Å². The van der Waals surface area contributed by atoms with E-state index in [0.717, 1.165) is 16.8 Å². The van der Waals surface area contributed by atoms with Gasteiger partial charge in [-0.15, -0.1) is 0 Å². The van der Waals surface area contributed by atoms with Gasteiger partial charge in [0.15, 0.2) is 5.82 Å². The molecule has 25 heavy (non-hydrogen) atoms. The van der Waals surface area contributed by atoms with E-state index in [9.17, 15) is 10.1 Å². The fraction of sp³-hybridized carbons (Fsp3) is 0.111. The number of nitro groups is 1. The molecule has 0 saturated heterocycles. The van der Waals surface area contributed by atoms with Gasteiger partial charge in [0.05, 0.1) is 11.1 Å². The molecule has 0 aliphatic carbocycles. The lowest BCUT2D eigenvalue weighted by atomic mass is 10.2. The van der Waals surface area contributed by atoms with Crippen LogP contribution in [0, 0.1) is 10.1 Å². The van der Waals surface area contributed by atoms with Gasteiger partial charge in [-0.1, -0.05) is 12.1 Å². The fourth-order valence-corrected chi connectivity index (χ4v) is 2.32.